The van der Waals surface area contributed by atoms with Crippen molar-refractivity contribution in [3.63, 3.8) is 0 Å². The zero-order valence-electron chi connectivity index (χ0n) is 72.1. The van der Waals surface area contributed by atoms with Crippen LogP contribution in [-0.4, -0.2) is 52.7 Å². The van der Waals surface area contributed by atoms with Gasteiger partial charge in [0.2, 0.25) is 11.9 Å². The molecular weight excluding hydrogens is 1610 g/mol. The summed E-state index contributed by atoms with van der Waals surface area (Å²) in [4.78, 5) is 31.0. The van der Waals surface area contributed by atoms with E-state index >= 15 is 0 Å². The first-order chi connectivity index (χ1) is 65.2. The fraction of sp³-hybridized carbons (Fsp3) is 0.0248. The number of benzene rings is 19. The van der Waals surface area contributed by atoms with Crippen molar-refractivity contribution in [2.24, 2.45) is 0 Å². The lowest BCUT2D eigenvalue weighted by Crippen LogP contribution is -2.14. The number of hydrogen-bond acceptors (Lipinski definition) is 6. The van der Waals surface area contributed by atoms with Crippen molar-refractivity contribution in [1.29, 1.82) is 0 Å². The number of aromatic nitrogens is 11. The quantitative estimate of drug-likeness (QED) is 0.121. The lowest BCUT2D eigenvalue weighted by atomic mass is 9.82. The van der Waals surface area contributed by atoms with Gasteiger partial charge in [-0.25, -0.2) is 9.97 Å². The highest BCUT2D eigenvalue weighted by molar-refractivity contribution is 6.29. The standard InChI is InChI=1S/C61H38N6.C60H41N5/c1-5-18-40(19-6-1)59-62-60(41-20-7-2-8-21-41)64-61(63-59)67-52-28-16-15-27-47(52)48-32-29-43(38-55(48)67)42-30-33-49-50-34-35-51-56-46-26-14-13-17-39(46)31-36-53(56)65(44-22-9-3-10-23-44)58(51)57(50)66(54(49)37-42)45-24-11-4-12-25-45;1-60(2)51-26-16-15-25-45(51)49-37-56-50(36-52(49)60)48-32-29-42(34-53(48)64(56)44-23-13-6-14-24-44)43-28-31-47-46-30-27-41(38-17-7-3-8-18-38)33-54(46)65(55(47)35-43)59-62-57(39-19-9-4-10-20-39)61-58(63-59)40-21-11-5-12-22-40/h1-38H;3-37H,1-2H3. The molecule has 7 aromatic heterocycles. The van der Waals surface area contributed by atoms with Gasteiger partial charge in [-0.3, -0.25) is 9.13 Å². The largest absolute Gasteiger partial charge is 0.309 e. The summed E-state index contributed by atoms with van der Waals surface area (Å²) in [6.07, 6.45) is 0. The van der Waals surface area contributed by atoms with Crippen LogP contribution in [0.5, 0.6) is 0 Å². The molecule has 0 radical (unpaired) electrons. The van der Waals surface area contributed by atoms with E-state index in [9.17, 15) is 0 Å². The Morgan fingerprint density at radius 1 is 0.182 bits per heavy atom. The SMILES string of the molecule is CC1(C)c2ccccc2-c2cc3c(cc21)c1ccc(-c2ccc4c5ccc(-c6ccccc6)cc5n(-c5nc(-c6ccccc6)nc(-c6ccccc6)n5)c4c2)cc1n3-c1ccccc1.c1ccc(-c2nc(-c3ccccc3)nc(-n3c4ccccc4c4ccc(-c5ccc6c7ccc8c9c%10ccccc%10ccc9n(-c9ccccc9)c8c7n(-c7ccccc7)c6c5)cc43)n2)cc1. The van der Waals surface area contributed by atoms with Crippen molar-refractivity contribution >= 4 is 120 Å². The second-order valence-electron chi connectivity index (χ2n) is 34.9. The molecule has 132 heavy (non-hydrogen) atoms. The van der Waals surface area contributed by atoms with Crippen molar-refractivity contribution in [3.8, 4) is 119 Å². The average Bonchev–Trinajstić information content (AvgIpc) is 1.55. The highest BCUT2D eigenvalue weighted by Gasteiger charge is 2.37. The van der Waals surface area contributed by atoms with Gasteiger partial charge in [0.05, 0.1) is 55.2 Å². The van der Waals surface area contributed by atoms with E-state index in [2.05, 4.69) is 407 Å². The summed E-state index contributed by atoms with van der Waals surface area (Å²) in [5, 5.41) is 14.4. The maximum atomic E-state index is 5.27. The Hall–Kier alpha value is -17.5. The summed E-state index contributed by atoms with van der Waals surface area (Å²) in [6, 6.07) is 158. The van der Waals surface area contributed by atoms with Gasteiger partial charge in [-0.2, -0.15) is 19.9 Å². The third-order valence-electron chi connectivity index (χ3n) is 27.0. The zero-order chi connectivity index (χ0) is 87.2. The minimum absolute atomic E-state index is 0.0980. The normalized spacial score (nSPS) is 12.4. The topological polar surface area (TPSA) is 102 Å². The summed E-state index contributed by atoms with van der Waals surface area (Å²) in [7, 11) is 0. The number of fused-ring (bicyclic) bond motifs is 21. The fourth-order valence-corrected chi connectivity index (χ4v) is 20.9. The van der Waals surface area contributed by atoms with E-state index in [1.54, 1.807) is 0 Å². The molecule has 0 unspecified atom stereocenters. The number of rotatable bonds is 12. The Labute approximate surface area is 759 Å². The van der Waals surface area contributed by atoms with E-state index in [1.807, 2.05) is 72.8 Å². The van der Waals surface area contributed by atoms with Gasteiger partial charge in [0.15, 0.2) is 23.3 Å². The van der Waals surface area contributed by atoms with Crippen LogP contribution in [0.25, 0.3) is 239 Å². The van der Waals surface area contributed by atoms with E-state index in [0.717, 1.165) is 122 Å². The summed E-state index contributed by atoms with van der Waals surface area (Å²) in [6.45, 7) is 4.72. The molecule has 618 valence electrons. The highest BCUT2D eigenvalue weighted by atomic mass is 15.2. The van der Waals surface area contributed by atoms with Crippen LogP contribution in [0.15, 0.2) is 443 Å². The van der Waals surface area contributed by atoms with Gasteiger partial charge in [-0.1, -0.05) is 366 Å². The molecule has 1 aliphatic rings. The Kier molecular flexibility index (Phi) is 17.4. The molecule has 0 saturated carbocycles. The van der Waals surface area contributed by atoms with Crippen LogP contribution in [0, 0.1) is 0 Å². The molecule has 0 saturated heterocycles. The molecule has 0 amide bonds. The summed E-state index contributed by atoms with van der Waals surface area (Å²) >= 11 is 0. The van der Waals surface area contributed by atoms with Crippen LogP contribution in [0.1, 0.15) is 25.0 Å². The molecule has 27 rings (SSSR count). The molecule has 1 aliphatic carbocycles. The van der Waals surface area contributed by atoms with Crippen molar-refractivity contribution in [1.82, 2.24) is 52.7 Å². The average molecular weight is 1690 g/mol. The number of para-hydroxylation sites is 4. The van der Waals surface area contributed by atoms with E-state index in [4.69, 9.17) is 29.9 Å². The molecule has 7 heterocycles. The van der Waals surface area contributed by atoms with Gasteiger partial charge >= 0.3 is 0 Å². The smallest absolute Gasteiger partial charge is 0.238 e. The van der Waals surface area contributed by atoms with Crippen molar-refractivity contribution in [2.75, 3.05) is 0 Å². The van der Waals surface area contributed by atoms with E-state index in [-0.39, 0.29) is 5.41 Å². The van der Waals surface area contributed by atoms with Crippen molar-refractivity contribution < 1.29 is 0 Å². The van der Waals surface area contributed by atoms with Gasteiger partial charge < -0.3 is 13.7 Å². The monoisotopic (exact) mass is 1690 g/mol. The molecule has 0 spiro atoms. The molecule has 11 heteroatoms. The molecule has 0 aliphatic heterocycles. The van der Waals surface area contributed by atoms with Crippen LogP contribution < -0.4 is 0 Å². The predicted octanol–water partition coefficient (Wildman–Crippen LogP) is 30.4. The van der Waals surface area contributed by atoms with Crippen LogP contribution in [0.2, 0.25) is 0 Å². The Bertz CT molecular complexity index is 9020. The van der Waals surface area contributed by atoms with Gasteiger partial charge in [0, 0.05) is 98.6 Å². The Balaban J connectivity index is 0.000000138. The van der Waals surface area contributed by atoms with E-state index < -0.39 is 0 Å². The lowest BCUT2D eigenvalue weighted by molar-refractivity contribution is 0.661. The molecule has 26 aromatic rings. The molecule has 0 atom stereocenters. The Morgan fingerprint density at radius 2 is 0.508 bits per heavy atom. The lowest BCUT2D eigenvalue weighted by Gasteiger charge is -2.21. The maximum Gasteiger partial charge on any atom is 0.238 e. The molecule has 0 bridgehead atoms. The second kappa shape index (κ2) is 30.3. The molecule has 11 nitrogen and oxygen atoms in total. The van der Waals surface area contributed by atoms with Crippen LogP contribution in [0.4, 0.5) is 0 Å². The minimum atomic E-state index is -0.0980. The number of nitrogens with zero attached hydrogens (tertiary/aromatic N) is 11. The summed E-state index contributed by atoms with van der Waals surface area (Å²) < 4.78 is 11.8. The van der Waals surface area contributed by atoms with Crippen molar-refractivity contribution in [2.45, 2.75) is 19.3 Å². The third-order valence-corrected chi connectivity index (χ3v) is 27.0. The summed E-state index contributed by atoms with van der Waals surface area (Å²) in [5.74, 6) is 3.63. The first kappa shape index (κ1) is 75.8. The zero-order valence-corrected chi connectivity index (χ0v) is 72.1. The predicted molar refractivity (Wildman–Crippen MR) is 544 cm³/mol. The van der Waals surface area contributed by atoms with Gasteiger partial charge in [-0.15, -0.1) is 0 Å². The number of hydrogen-bond donors (Lipinski definition) is 0. The van der Waals surface area contributed by atoms with Crippen LogP contribution >= 0.6 is 0 Å². The van der Waals surface area contributed by atoms with Gasteiger partial charge in [-0.05, 0) is 157 Å². The maximum absolute atomic E-state index is 5.27. The van der Waals surface area contributed by atoms with Crippen molar-refractivity contribution in [3.05, 3.63) is 454 Å². The molecule has 0 fully saturated rings. The first-order valence-electron chi connectivity index (χ1n) is 45.0. The molecule has 19 aromatic carbocycles. The Morgan fingerprint density at radius 3 is 0.992 bits per heavy atom. The van der Waals surface area contributed by atoms with Crippen LogP contribution in [0.3, 0.4) is 0 Å². The molecular formula is C121H79N11. The summed E-state index contributed by atoms with van der Waals surface area (Å²) in [5.41, 5.74) is 30.3. The van der Waals surface area contributed by atoms with Crippen LogP contribution in [-0.2, 0) is 5.41 Å². The highest BCUT2D eigenvalue weighted by Crippen LogP contribution is 2.53. The molecule has 0 N–H and O–H groups in total. The second-order valence-corrected chi connectivity index (χ2v) is 34.9. The fourth-order valence-electron chi connectivity index (χ4n) is 20.9. The third kappa shape index (κ3) is 12.2. The first-order valence-corrected chi connectivity index (χ1v) is 45.0. The minimum Gasteiger partial charge on any atom is -0.309 e. The van der Waals surface area contributed by atoms with E-state index in [0.29, 0.717) is 35.2 Å². The van der Waals surface area contributed by atoms with E-state index in [1.165, 1.54) is 92.9 Å². The van der Waals surface area contributed by atoms with Gasteiger partial charge in [0.1, 0.15) is 0 Å². The van der Waals surface area contributed by atoms with Gasteiger partial charge in [0.25, 0.3) is 0 Å².